The first-order valence-electron chi connectivity index (χ1n) is 5.94. The molecule has 0 heterocycles. The predicted molar refractivity (Wildman–Crippen MR) is 66.3 cm³/mol. The Morgan fingerprint density at radius 3 is 2.42 bits per heavy atom. The fourth-order valence-corrected chi connectivity index (χ4v) is 1.51. The number of likely N-dealkylation sites (N-methyl/N-ethyl adjacent to an activating group) is 1. The summed E-state index contributed by atoms with van der Waals surface area (Å²) in [5.74, 6) is -1.24. The minimum absolute atomic E-state index is 0.266. The number of alkyl halides is 3. The monoisotopic (exact) mass is 278 g/mol. The predicted octanol–water partition coefficient (Wildman–Crippen LogP) is 2.88. The molecule has 1 rings (SSSR count). The molecule has 0 radical (unpaired) electrons. The molecule has 1 unspecified atom stereocenters. The highest BCUT2D eigenvalue weighted by Gasteiger charge is 2.34. The van der Waals surface area contributed by atoms with Gasteiger partial charge in [-0.3, -0.25) is 0 Å². The van der Waals surface area contributed by atoms with Gasteiger partial charge >= 0.3 is 6.18 Å². The van der Waals surface area contributed by atoms with Crippen LogP contribution in [0, 0.1) is 5.82 Å². The van der Waals surface area contributed by atoms with Gasteiger partial charge in [0.05, 0.1) is 5.56 Å². The van der Waals surface area contributed by atoms with E-state index in [1.807, 2.05) is 25.9 Å². The number of rotatable bonds is 5. The van der Waals surface area contributed by atoms with Gasteiger partial charge in [0.2, 0.25) is 0 Å². The van der Waals surface area contributed by atoms with Crippen molar-refractivity contribution in [1.82, 2.24) is 10.2 Å². The van der Waals surface area contributed by atoms with Crippen molar-refractivity contribution in [3.05, 3.63) is 35.1 Å². The van der Waals surface area contributed by atoms with Crippen LogP contribution in [0.3, 0.4) is 0 Å². The SMILES string of the molecule is CC(CNCc1ccc(F)c(C(F)(F)F)c1)N(C)C. The van der Waals surface area contributed by atoms with Crippen LogP contribution < -0.4 is 5.32 Å². The lowest BCUT2D eigenvalue weighted by Crippen LogP contribution is -2.35. The molecule has 0 amide bonds. The van der Waals surface area contributed by atoms with Gasteiger partial charge in [0.15, 0.2) is 0 Å². The maximum absolute atomic E-state index is 13.1. The minimum Gasteiger partial charge on any atom is -0.311 e. The number of nitrogens with one attached hydrogen (secondary N) is 1. The standard InChI is InChI=1S/C13H18F4N2/c1-9(19(2)3)7-18-8-10-4-5-12(14)11(6-10)13(15,16)17/h4-6,9,18H,7-8H2,1-3H3. The first-order chi connectivity index (χ1) is 8.71. The zero-order valence-electron chi connectivity index (χ0n) is 11.2. The molecule has 0 spiro atoms. The van der Waals surface area contributed by atoms with Crippen molar-refractivity contribution in [2.45, 2.75) is 25.7 Å². The Bertz CT molecular complexity index is 416. The zero-order valence-corrected chi connectivity index (χ0v) is 11.2. The Balaban J connectivity index is 2.66. The van der Waals surface area contributed by atoms with E-state index in [9.17, 15) is 17.6 Å². The maximum atomic E-state index is 13.1. The molecule has 0 aliphatic carbocycles. The fraction of sp³-hybridized carbons (Fsp3) is 0.538. The fourth-order valence-electron chi connectivity index (χ4n) is 1.51. The van der Waals surface area contributed by atoms with Crippen LogP contribution >= 0.6 is 0 Å². The lowest BCUT2D eigenvalue weighted by atomic mass is 10.1. The van der Waals surface area contributed by atoms with E-state index in [-0.39, 0.29) is 12.6 Å². The molecule has 0 aliphatic rings. The van der Waals surface area contributed by atoms with Gasteiger partial charge in [0.1, 0.15) is 5.82 Å². The second-order valence-corrected chi connectivity index (χ2v) is 4.76. The third-order valence-corrected chi connectivity index (χ3v) is 2.99. The molecule has 0 saturated heterocycles. The molecule has 0 fully saturated rings. The summed E-state index contributed by atoms with van der Waals surface area (Å²) < 4.78 is 50.6. The number of benzene rings is 1. The molecule has 19 heavy (non-hydrogen) atoms. The number of hydrogen-bond donors (Lipinski definition) is 1. The summed E-state index contributed by atoms with van der Waals surface area (Å²) in [4.78, 5) is 2.00. The summed E-state index contributed by atoms with van der Waals surface area (Å²) in [6.45, 7) is 2.92. The van der Waals surface area contributed by atoms with E-state index in [1.165, 1.54) is 6.07 Å². The Hall–Kier alpha value is -1.14. The van der Waals surface area contributed by atoms with Gasteiger partial charge in [0.25, 0.3) is 0 Å². The quantitative estimate of drug-likeness (QED) is 0.833. The molecular weight excluding hydrogens is 260 g/mol. The summed E-state index contributed by atoms with van der Waals surface area (Å²) >= 11 is 0. The van der Waals surface area contributed by atoms with Crippen molar-refractivity contribution in [2.24, 2.45) is 0 Å². The van der Waals surface area contributed by atoms with Crippen molar-refractivity contribution >= 4 is 0 Å². The Labute approximate surface area is 110 Å². The summed E-state index contributed by atoms with van der Waals surface area (Å²) in [7, 11) is 3.85. The number of hydrogen-bond acceptors (Lipinski definition) is 2. The molecule has 0 saturated carbocycles. The Morgan fingerprint density at radius 1 is 1.26 bits per heavy atom. The molecule has 1 N–H and O–H groups in total. The van der Waals surface area contributed by atoms with Crippen LogP contribution in [0.4, 0.5) is 17.6 Å². The molecule has 1 aromatic carbocycles. The second kappa shape index (κ2) is 6.34. The maximum Gasteiger partial charge on any atom is 0.419 e. The third kappa shape index (κ3) is 4.80. The average molecular weight is 278 g/mol. The van der Waals surface area contributed by atoms with Gasteiger partial charge < -0.3 is 10.2 Å². The average Bonchev–Trinajstić information content (AvgIpc) is 2.29. The van der Waals surface area contributed by atoms with Crippen LogP contribution in [0.5, 0.6) is 0 Å². The summed E-state index contributed by atoms with van der Waals surface area (Å²) in [5.41, 5.74) is -0.799. The largest absolute Gasteiger partial charge is 0.419 e. The van der Waals surface area contributed by atoms with Crippen molar-refractivity contribution in [2.75, 3.05) is 20.6 Å². The van der Waals surface area contributed by atoms with E-state index in [4.69, 9.17) is 0 Å². The normalized spacial score (nSPS) is 13.9. The van der Waals surface area contributed by atoms with Gasteiger partial charge in [-0.05, 0) is 38.7 Å². The lowest BCUT2D eigenvalue weighted by molar-refractivity contribution is -0.140. The Morgan fingerprint density at radius 2 is 1.89 bits per heavy atom. The summed E-state index contributed by atoms with van der Waals surface area (Å²) in [6.07, 6.45) is -4.66. The van der Waals surface area contributed by atoms with Gasteiger partial charge in [0, 0.05) is 19.1 Å². The summed E-state index contributed by atoms with van der Waals surface area (Å²) in [5, 5.41) is 3.05. The zero-order chi connectivity index (χ0) is 14.6. The first-order valence-corrected chi connectivity index (χ1v) is 5.94. The summed E-state index contributed by atoms with van der Waals surface area (Å²) in [6, 6.07) is 3.33. The minimum atomic E-state index is -4.66. The highest BCUT2D eigenvalue weighted by molar-refractivity contribution is 5.27. The van der Waals surface area contributed by atoms with Crippen LogP contribution in [-0.4, -0.2) is 31.6 Å². The van der Waals surface area contributed by atoms with Crippen LogP contribution in [0.25, 0.3) is 0 Å². The molecule has 6 heteroatoms. The molecule has 0 aliphatic heterocycles. The van der Waals surface area contributed by atoms with Crippen molar-refractivity contribution < 1.29 is 17.6 Å². The van der Waals surface area contributed by atoms with Crippen LogP contribution in [0.1, 0.15) is 18.1 Å². The van der Waals surface area contributed by atoms with Crippen LogP contribution in [0.15, 0.2) is 18.2 Å². The van der Waals surface area contributed by atoms with E-state index in [0.717, 1.165) is 12.1 Å². The van der Waals surface area contributed by atoms with E-state index in [2.05, 4.69) is 5.32 Å². The van der Waals surface area contributed by atoms with Gasteiger partial charge in [-0.1, -0.05) is 6.07 Å². The highest BCUT2D eigenvalue weighted by atomic mass is 19.4. The highest BCUT2D eigenvalue weighted by Crippen LogP contribution is 2.31. The van der Waals surface area contributed by atoms with E-state index in [0.29, 0.717) is 12.1 Å². The van der Waals surface area contributed by atoms with Crippen LogP contribution in [0.2, 0.25) is 0 Å². The second-order valence-electron chi connectivity index (χ2n) is 4.76. The number of halogens is 4. The molecule has 108 valence electrons. The molecule has 2 nitrogen and oxygen atoms in total. The van der Waals surface area contributed by atoms with E-state index < -0.39 is 17.6 Å². The van der Waals surface area contributed by atoms with Crippen molar-refractivity contribution in [3.63, 3.8) is 0 Å². The molecule has 1 aromatic rings. The third-order valence-electron chi connectivity index (χ3n) is 2.99. The number of nitrogens with zero attached hydrogens (tertiary/aromatic N) is 1. The first kappa shape index (κ1) is 15.9. The molecule has 1 atom stereocenters. The molecule has 0 bridgehead atoms. The van der Waals surface area contributed by atoms with Gasteiger partial charge in [-0.25, -0.2) is 4.39 Å². The molecule has 0 aromatic heterocycles. The van der Waals surface area contributed by atoms with E-state index >= 15 is 0 Å². The van der Waals surface area contributed by atoms with Gasteiger partial charge in [-0.2, -0.15) is 13.2 Å². The van der Waals surface area contributed by atoms with Crippen LogP contribution in [-0.2, 0) is 12.7 Å². The van der Waals surface area contributed by atoms with Crippen molar-refractivity contribution in [1.29, 1.82) is 0 Å². The van der Waals surface area contributed by atoms with Crippen molar-refractivity contribution in [3.8, 4) is 0 Å². The Kier molecular flexibility index (Phi) is 5.31. The smallest absolute Gasteiger partial charge is 0.311 e. The lowest BCUT2D eigenvalue weighted by Gasteiger charge is -2.20. The van der Waals surface area contributed by atoms with E-state index in [1.54, 1.807) is 0 Å². The topological polar surface area (TPSA) is 15.3 Å². The van der Waals surface area contributed by atoms with Gasteiger partial charge in [-0.15, -0.1) is 0 Å². The molecular formula is C13H18F4N2.